The highest BCUT2D eigenvalue weighted by atomic mass is 79.9. The van der Waals surface area contributed by atoms with Crippen LogP contribution in [0.2, 0.25) is 0 Å². The standard InChI is InChI=1S/C17H20Br3NO/c1-10-6-4-5-7-11(10)21-14(22)17-9-8-16(12(17)18,13(19)20)15(17,2)3/h4-7,12-13H,8-9H2,1-3H3,(H,21,22). The van der Waals surface area contributed by atoms with Gasteiger partial charge in [0.2, 0.25) is 5.91 Å². The Hall–Kier alpha value is 0.130. The van der Waals surface area contributed by atoms with E-state index in [0.29, 0.717) is 0 Å². The van der Waals surface area contributed by atoms with Gasteiger partial charge in [0.25, 0.3) is 0 Å². The Bertz CT molecular complexity index is 630. The van der Waals surface area contributed by atoms with Gasteiger partial charge in [-0.3, -0.25) is 4.79 Å². The highest BCUT2D eigenvalue weighted by Gasteiger charge is 2.83. The summed E-state index contributed by atoms with van der Waals surface area (Å²) in [6.07, 6.45) is 1.96. The van der Waals surface area contributed by atoms with E-state index in [1.807, 2.05) is 31.2 Å². The van der Waals surface area contributed by atoms with Crippen LogP contribution in [0.3, 0.4) is 0 Å². The fourth-order valence-electron chi connectivity index (χ4n) is 4.65. The summed E-state index contributed by atoms with van der Waals surface area (Å²) in [4.78, 5) is 13.3. The van der Waals surface area contributed by atoms with E-state index in [2.05, 4.69) is 67.0 Å². The van der Waals surface area contributed by atoms with Crippen LogP contribution in [-0.2, 0) is 4.79 Å². The van der Waals surface area contributed by atoms with Crippen LogP contribution in [0.15, 0.2) is 24.3 Å². The van der Waals surface area contributed by atoms with Crippen LogP contribution < -0.4 is 5.32 Å². The van der Waals surface area contributed by atoms with Crippen LogP contribution in [-0.4, -0.2) is 14.5 Å². The number of fused-ring (bicyclic) bond motifs is 1. The van der Waals surface area contributed by atoms with Crippen molar-refractivity contribution < 1.29 is 4.79 Å². The molecule has 3 aliphatic carbocycles. The van der Waals surface area contributed by atoms with Crippen molar-refractivity contribution in [3.05, 3.63) is 29.8 Å². The summed E-state index contributed by atoms with van der Waals surface area (Å²) in [5.74, 6) is 0.141. The predicted molar refractivity (Wildman–Crippen MR) is 102 cm³/mol. The van der Waals surface area contributed by atoms with Crippen molar-refractivity contribution >= 4 is 59.4 Å². The maximum absolute atomic E-state index is 13.1. The summed E-state index contributed by atoms with van der Waals surface area (Å²) < 4.78 is 0.203. The van der Waals surface area contributed by atoms with Crippen molar-refractivity contribution in [3.63, 3.8) is 0 Å². The summed E-state index contributed by atoms with van der Waals surface area (Å²) in [6, 6.07) is 7.95. The number of alkyl halides is 3. The number of nitrogens with one attached hydrogen (secondary N) is 1. The first kappa shape index (κ1) is 17.0. The number of carbonyl (C=O) groups is 1. The maximum Gasteiger partial charge on any atom is 0.232 e. The maximum atomic E-state index is 13.1. The number of benzene rings is 1. The molecule has 3 saturated carbocycles. The lowest BCUT2D eigenvalue weighted by Crippen LogP contribution is -2.71. The van der Waals surface area contributed by atoms with Gasteiger partial charge in [0.05, 0.1) is 9.15 Å². The summed E-state index contributed by atoms with van der Waals surface area (Å²) >= 11 is 11.3. The molecule has 0 saturated heterocycles. The zero-order valence-corrected chi connectivity index (χ0v) is 17.7. The van der Waals surface area contributed by atoms with Crippen molar-refractivity contribution in [3.8, 4) is 0 Å². The third kappa shape index (κ3) is 1.79. The van der Waals surface area contributed by atoms with Crippen LogP contribution in [0.25, 0.3) is 0 Å². The van der Waals surface area contributed by atoms with E-state index >= 15 is 0 Å². The summed E-state index contributed by atoms with van der Waals surface area (Å²) in [6.45, 7) is 6.48. The van der Waals surface area contributed by atoms with Crippen molar-refractivity contribution in [1.29, 1.82) is 0 Å². The number of halogens is 3. The highest BCUT2D eigenvalue weighted by molar-refractivity contribution is 9.24. The molecule has 4 rings (SSSR count). The third-order valence-corrected chi connectivity index (χ3v) is 9.52. The topological polar surface area (TPSA) is 29.1 Å². The van der Waals surface area contributed by atoms with E-state index < -0.39 is 0 Å². The molecule has 3 fully saturated rings. The molecule has 1 aromatic rings. The van der Waals surface area contributed by atoms with Gasteiger partial charge in [-0.2, -0.15) is 0 Å². The van der Waals surface area contributed by atoms with Crippen molar-refractivity contribution in [2.45, 2.75) is 42.2 Å². The van der Waals surface area contributed by atoms with E-state index in [1.54, 1.807) is 0 Å². The lowest BCUT2D eigenvalue weighted by molar-refractivity contribution is -0.155. The minimum atomic E-state index is -0.352. The van der Waals surface area contributed by atoms with Crippen LogP contribution in [0.4, 0.5) is 5.69 Å². The Morgan fingerprint density at radius 3 is 2.41 bits per heavy atom. The van der Waals surface area contributed by atoms with Crippen LogP contribution in [0, 0.1) is 23.2 Å². The van der Waals surface area contributed by atoms with Crippen LogP contribution in [0.1, 0.15) is 32.3 Å². The molecule has 2 bridgehead atoms. The number of anilines is 1. The molecule has 5 heteroatoms. The van der Waals surface area contributed by atoms with Gasteiger partial charge in [0.15, 0.2) is 0 Å². The number of hydrogen-bond donors (Lipinski definition) is 1. The van der Waals surface area contributed by atoms with Gasteiger partial charge in [-0.05, 0) is 36.8 Å². The summed E-state index contributed by atoms with van der Waals surface area (Å²) in [5, 5.41) is 3.17. The third-order valence-electron chi connectivity index (χ3n) is 6.28. The molecule has 0 heterocycles. The molecule has 0 spiro atoms. The molecule has 3 aliphatic rings. The Morgan fingerprint density at radius 1 is 1.27 bits per heavy atom. The lowest BCUT2D eigenvalue weighted by atomic mass is 9.43. The molecule has 1 N–H and O–H groups in total. The van der Waals surface area contributed by atoms with E-state index in [-0.39, 0.29) is 30.7 Å². The van der Waals surface area contributed by atoms with Crippen molar-refractivity contribution in [2.75, 3.05) is 5.32 Å². The van der Waals surface area contributed by atoms with Crippen LogP contribution >= 0.6 is 47.8 Å². The van der Waals surface area contributed by atoms with E-state index in [0.717, 1.165) is 24.1 Å². The first-order valence-corrected chi connectivity index (χ1v) is 10.3. The normalized spacial score (nSPS) is 35.3. The van der Waals surface area contributed by atoms with Gasteiger partial charge in [-0.25, -0.2) is 0 Å². The molecular formula is C17H20Br3NO. The number of rotatable bonds is 3. The summed E-state index contributed by atoms with van der Waals surface area (Å²) in [7, 11) is 0. The van der Waals surface area contributed by atoms with Gasteiger partial charge in [0, 0.05) is 15.9 Å². The van der Waals surface area contributed by atoms with Crippen molar-refractivity contribution in [1.82, 2.24) is 0 Å². The number of hydrogen-bond acceptors (Lipinski definition) is 1. The molecule has 1 amide bonds. The fourth-order valence-corrected chi connectivity index (χ4v) is 9.56. The number of carbonyl (C=O) groups excluding carboxylic acids is 1. The Balaban J connectivity index is 1.93. The smallest absolute Gasteiger partial charge is 0.232 e. The largest absolute Gasteiger partial charge is 0.325 e. The molecule has 0 aromatic heterocycles. The number of para-hydroxylation sites is 1. The van der Waals surface area contributed by atoms with Gasteiger partial charge < -0.3 is 5.32 Å². The molecule has 2 nitrogen and oxygen atoms in total. The minimum Gasteiger partial charge on any atom is -0.325 e. The Labute approximate surface area is 157 Å². The molecule has 0 aliphatic heterocycles. The number of aryl methyl sites for hydroxylation is 1. The van der Waals surface area contributed by atoms with E-state index in [9.17, 15) is 4.79 Å². The quantitative estimate of drug-likeness (QED) is 0.544. The average Bonchev–Trinajstić information content (AvgIpc) is 2.91. The van der Waals surface area contributed by atoms with E-state index in [1.165, 1.54) is 0 Å². The highest BCUT2D eigenvalue weighted by Crippen LogP contribution is 2.82. The second kappa shape index (κ2) is 5.32. The lowest BCUT2D eigenvalue weighted by Gasteiger charge is -2.66. The second-order valence-corrected chi connectivity index (χ2v) is 11.0. The van der Waals surface area contributed by atoms with E-state index in [4.69, 9.17) is 0 Å². The van der Waals surface area contributed by atoms with Crippen molar-refractivity contribution in [2.24, 2.45) is 16.2 Å². The first-order chi connectivity index (χ1) is 10.2. The molecular weight excluding hydrogens is 474 g/mol. The molecule has 1 aromatic carbocycles. The monoisotopic (exact) mass is 491 g/mol. The molecule has 3 atom stereocenters. The molecule has 0 radical (unpaired) electrons. The SMILES string of the molecule is Cc1ccccc1NC(=O)C12CCC(C(Br)Br)(C1Br)C2(C)C. The summed E-state index contributed by atoms with van der Waals surface area (Å²) in [5.41, 5.74) is 1.65. The average molecular weight is 494 g/mol. The first-order valence-electron chi connectivity index (χ1n) is 7.51. The zero-order valence-electron chi connectivity index (χ0n) is 12.9. The van der Waals surface area contributed by atoms with Gasteiger partial charge in [0.1, 0.15) is 0 Å². The Kier molecular flexibility index (Phi) is 4.10. The van der Waals surface area contributed by atoms with Gasteiger partial charge in [-0.15, -0.1) is 0 Å². The number of amides is 1. The fraction of sp³-hybridized carbons (Fsp3) is 0.588. The zero-order chi connectivity index (χ0) is 16.3. The van der Waals surface area contributed by atoms with Gasteiger partial charge >= 0.3 is 0 Å². The van der Waals surface area contributed by atoms with Gasteiger partial charge in [-0.1, -0.05) is 79.8 Å². The Morgan fingerprint density at radius 2 is 1.91 bits per heavy atom. The molecule has 120 valence electrons. The minimum absolute atomic E-state index is 0.0655. The molecule has 22 heavy (non-hydrogen) atoms. The van der Waals surface area contributed by atoms with Crippen LogP contribution in [0.5, 0.6) is 0 Å². The molecule has 3 unspecified atom stereocenters. The second-order valence-electron chi connectivity index (χ2n) is 7.07. The predicted octanol–water partition coefficient (Wildman–Crippen LogP) is 5.62.